The SMILES string of the molecule is CCN1C[C@@H]2C(CN3CCN(C(C)(C)C)CC3)[C@@H]2C1. The van der Waals surface area contributed by atoms with Gasteiger partial charge in [0.2, 0.25) is 0 Å². The Bertz CT molecular complexity index is 302. The summed E-state index contributed by atoms with van der Waals surface area (Å²) in [7, 11) is 0. The summed E-state index contributed by atoms with van der Waals surface area (Å²) in [6.07, 6.45) is 0. The highest BCUT2D eigenvalue weighted by molar-refractivity contribution is 5.06. The van der Waals surface area contributed by atoms with E-state index in [1.807, 2.05) is 0 Å². The molecule has 0 bridgehead atoms. The Morgan fingerprint density at radius 2 is 1.47 bits per heavy atom. The fourth-order valence-electron chi connectivity index (χ4n) is 4.17. The lowest BCUT2D eigenvalue weighted by Crippen LogP contribution is -2.53. The number of piperazine rings is 1. The Morgan fingerprint density at radius 1 is 0.895 bits per heavy atom. The highest BCUT2D eigenvalue weighted by Crippen LogP contribution is 2.51. The second-order valence-corrected chi connectivity index (χ2v) is 7.80. The van der Waals surface area contributed by atoms with E-state index in [9.17, 15) is 0 Å². The third-order valence-electron chi connectivity index (χ3n) is 5.68. The first-order chi connectivity index (χ1) is 8.99. The molecule has 0 spiro atoms. The first-order valence-corrected chi connectivity index (χ1v) is 8.19. The molecule has 0 radical (unpaired) electrons. The molecule has 0 aromatic heterocycles. The van der Waals surface area contributed by atoms with Gasteiger partial charge in [-0.3, -0.25) is 4.90 Å². The molecule has 3 aliphatic rings. The molecule has 3 atom stereocenters. The van der Waals surface area contributed by atoms with Crippen molar-refractivity contribution in [3.63, 3.8) is 0 Å². The van der Waals surface area contributed by atoms with E-state index in [0.717, 1.165) is 17.8 Å². The molecule has 3 heteroatoms. The van der Waals surface area contributed by atoms with Crippen LogP contribution in [0.25, 0.3) is 0 Å². The van der Waals surface area contributed by atoms with Gasteiger partial charge in [-0.25, -0.2) is 0 Å². The number of hydrogen-bond donors (Lipinski definition) is 0. The van der Waals surface area contributed by atoms with Crippen molar-refractivity contribution in [2.75, 3.05) is 52.4 Å². The van der Waals surface area contributed by atoms with Crippen LogP contribution in [-0.4, -0.2) is 72.6 Å². The van der Waals surface area contributed by atoms with Crippen LogP contribution in [0.4, 0.5) is 0 Å². The maximum absolute atomic E-state index is 2.72. The van der Waals surface area contributed by atoms with Gasteiger partial charge >= 0.3 is 0 Å². The lowest BCUT2D eigenvalue weighted by atomic mass is 10.0. The van der Waals surface area contributed by atoms with Crippen molar-refractivity contribution in [2.45, 2.75) is 33.2 Å². The lowest BCUT2D eigenvalue weighted by Gasteiger charge is -2.42. The minimum Gasteiger partial charge on any atom is -0.303 e. The molecular formula is C16H31N3. The standard InChI is InChI=1S/C16H31N3/c1-5-17-10-13-14(11-17)15(13)12-18-6-8-19(9-7-18)16(2,3)4/h13-15H,5-12H2,1-4H3/t13-,14+,15?. The second kappa shape index (κ2) is 5.01. The largest absolute Gasteiger partial charge is 0.303 e. The molecule has 0 N–H and O–H groups in total. The summed E-state index contributed by atoms with van der Waals surface area (Å²) in [5.41, 5.74) is 0.351. The van der Waals surface area contributed by atoms with E-state index in [1.165, 1.54) is 52.4 Å². The van der Waals surface area contributed by atoms with Gasteiger partial charge in [0.15, 0.2) is 0 Å². The molecule has 3 fully saturated rings. The van der Waals surface area contributed by atoms with Gasteiger partial charge in [0.25, 0.3) is 0 Å². The van der Waals surface area contributed by atoms with Crippen LogP contribution in [-0.2, 0) is 0 Å². The van der Waals surface area contributed by atoms with E-state index < -0.39 is 0 Å². The molecule has 3 rings (SSSR count). The Balaban J connectivity index is 1.40. The number of fused-ring (bicyclic) bond motifs is 1. The van der Waals surface area contributed by atoms with Crippen LogP contribution in [0.5, 0.6) is 0 Å². The topological polar surface area (TPSA) is 9.72 Å². The number of piperidine rings is 1. The number of rotatable bonds is 3. The molecule has 1 aliphatic carbocycles. The van der Waals surface area contributed by atoms with E-state index in [2.05, 4.69) is 42.4 Å². The van der Waals surface area contributed by atoms with Crippen LogP contribution in [0.1, 0.15) is 27.7 Å². The van der Waals surface area contributed by atoms with Crippen molar-refractivity contribution in [3.8, 4) is 0 Å². The fraction of sp³-hybridized carbons (Fsp3) is 1.00. The van der Waals surface area contributed by atoms with Gasteiger partial charge in [-0.1, -0.05) is 6.92 Å². The zero-order valence-electron chi connectivity index (χ0n) is 13.2. The van der Waals surface area contributed by atoms with E-state index in [4.69, 9.17) is 0 Å². The molecule has 1 unspecified atom stereocenters. The zero-order chi connectivity index (χ0) is 13.6. The Kier molecular flexibility index (Phi) is 3.65. The van der Waals surface area contributed by atoms with Crippen molar-refractivity contribution in [2.24, 2.45) is 17.8 Å². The van der Waals surface area contributed by atoms with Gasteiger partial charge < -0.3 is 9.80 Å². The Morgan fingerprint density at radius 3 is 1.95 bits per heavy atom. The summed E-state index contributed by atoms with van der Waals surface area (Å²) in [6, 6.07) is 0. The summed E-state index contributed by atoms with van der Waals surface area (Å²) < 4.78 is 0. The monoisotopic (exact) mass is 265 g/mol. The van der Waals surface area contributed by atoms with Crippen LogP contribution in [0.15, 0.2) is 0 Å². The molecule has 2 heterocycles. The highest BCUT2D eigenvalue weighted by atomic mass is 15.3. The molecule has 1 saturated carbocycles. The lowest BCUT2D eigenvalue weighted by molar-refractivity contribution is 0.0580. The van der Waals surface area contributed by atoms with E-state index in [-0.39, 0.29) is 0 Å². The van der Waals surface area contributed by atoms with Gasteiger partial charge in [-0.15, -0.1) is 0 Å². The molecular weight excluding hydrogens is 234 g/mol. The van der Waals surface area contributed by atoms with Crippen molar-refractivity contribution >= 4 is 0 Å². The first kappa shape index (κ1) is 13.8. The average molecular weight is 265 g/mol. The third kappa shape index (κ3) is 2.84. The fourth-order valence-corrected chi connectivity index (χ4v) is 4.17. The van der Waals surface area contributed by atoms with E-state index >= 15 is 0 Å². The number of hydrogen-bond acceptors (Lipinski definition) is 3. The number of nitrogens with zero attached hydrogens (tertiary/aromatic N) is 3. The summed E-state index contributed by atoms with van der Waals surface area (Å²) in [4.78, 5) is 7.99. The normalized spacial score (nSPS) is 37.6. The summed E-state index contributed by atoms with van der Waals surface area (Å²) in [5, 5.41) is 0. The van der Waals surface area contributed by atoms with Gasteiger partial charge in [0, 0.05) is 51.4 Å². The van der Waals surface area contributed by atoms with Crippen molar-refractivity contribution in [1.29, 1.82) is 0 Å². The van der Waals surface area contributed by atoms with Crippen molar-refractivity contribution < 1.29 is 0 Å². The summed E-state index contributed by atoms with van der Waals surface area (Å²) in [5.74, 6) is 3.12. The molecule has 3 nitrogen and oxygen atoms in total. The van der Waals surface area contributed by atoms with Gasteiger partial charge in [-0.2, -0.15) is 0 Å². The Hall–Kier alpha value is -0.120. The smallest absolute Gasteiger partial charge is 0.0126 e. The molecule has 2 saturated heterocycles. The van der Waals surface area contributed by atoms with Crippen LogP contribution < -0.4 is 0 Å². The molecule has 19 heavy (non-hydrogen) atoms. The third-order valence-corrected chi connectivity index (χ3v) is 5.68. The zero-order valence-corrected chi connectivity index (χ0v) is 13.2. The molecule has 0 aromatic carbocycles. The summed E-state index contributed by atoms with van der Waals surface area (Å²) in [6.45, 7) is 19.8. The van der Waals surface area contributed by atoms with Crippen LogP contribution in [0, 0.1) is 17.8 Å². The summed E-state index contributed by atoms with van der Waals surface area (Å²) >= 11 is 0. The molecule has 0 aromatic rings. The van der Waals surface area contributed by atoms with Gasteiger partial charge in [0.05, 0.1) is 0 Å². The maximum atomic E-state index is 2.72. The predicted molar refractivity (Wildman–Crippen MR) is 80.4 cm³/mol. The molecule has 0 amide bonds. The minimum absolute atomic E-state index is 0.351. The quantitative estimate of drug-likeness (QED) is 0.767. The predicted octanol–water partition coefficient (Wildman–Crippen LogP) is 1.60. The molecule has 110 valence electrons. The molecule has 2 aliphatic heterocycles. The minimum atomic E-state index is 0.351. The van der Waals surface area contributed by atoms with Crippen LogP contribution in [0.2, 0.25) is 0 Å². The van der Waals surface area contributed by atoms with Gasteiger partial charge in [0.1, 0.15) is 0 Å². The van der Waals surface area contributed by atoms with E-state index in [0.29, 0.717) is 5.54 Å². The van der Waals surface area contributed by atoms with Crippen LogP contribution >= 0.6 is 0 Å². The number of likely N-dealkylation sites (tertiary alicyclic amines) is 1. The van der Waals surface area contributed by atoms with Crippen molar-refractivity contribution in [1.82, 2.24) is 14.7 Å². The van der Waals surface area contributed by atoms with Crippen LogP contribution in [0.3, 0.4) is 0 Å². The van der Waals surface area contributed by atoms with E-state index in [1.54, 1.807) is 0 Å². The maximum Gasteiger partial charge on any atom is 0.0126 e. The second-order valence-electron chi connectivity index (χ2n) is 7.80. The first-order valence-electron chi connectivity index (χ1n) is 8.19. The Labute approximate surface area is 118 Å². The van der Waals surface area contributed by atoms with Gasteiger partial charge in [-0.05, 0) is 45.1 Å². The van der Waals surface area contributed by atoms with Crippen molar-refractivity contribution in [3.05, 3.63) is 0 Å². The average Bonchev–Trinajstić information content (AvgIpc) is 2.84. The highest BCUT2D eigenvalue weighted by Gasteiger charge is 2.55.